The maximum atomic E-state index is 5.48. The molecular formula is C39H42N2O. The fraction of sp³-hybridized carbons (Fsp3) is 0.231. The normalized spacial score (nSPS) is 11.6. The van der Waals surface area contributed by atoms with Gasteiger partial charge in [0.05, 0.1) is 7.11 Å². The van der Waals surface area contributed by atoms with Crippen LogP contribution in [-0.2, 0) is 19.5 Å². The molecule has 0 bridgehead atoms. The Kier molecular flexibility index (Phi) is 9.61. The van der Waals surface area contributed by atoms with Crippen molar-refractivity contribution in [2.75, 3.05) is 31.0 Å². The molecule has 1 atom stereocenters. The molecule has 5 aromatic rings. The molecular weight excluding hydrogens is 512 g/mol. The summed E-state index contributed by atoms with van der Waals surface area (Å²) in [6.07, 6.45) is 2.14. The average Bonchev–Trinajstić information content (AvgIpc) is 3.03. The molecule has 1 unspecified atom stereocenters. The van der Waals surface area contributed by atoms with Crippen LogP contribution in [0, 0.1) is 0 Å². The van der Waals surface area contributed by atoms with Gasteiger partial charge in [-0.3, -0.25) is 0 Å². The van der Waals surface area contributed by atoms with E-state index in [-0.39, 0.29) is 5.92 Å². The van der Waals surface area contributed by atoms with Crippen molar-refractivity contribution in [2.24, 2.45) is 0 Å². The van der Waals surface area contributed by atoms with Crippen LogP contribution in [0.15, 0.2) is 127 Å². The molecule has 214 valence electrons. The third kappa shape index (κ3) is 7.03. The lowest BCUT2D eigenvalue weighted by atomic mass is 9.83. The quantitative estimate of drug-likeness (QED) is 0.143. The summed E-state index contributed by atoms with van der Waals surface area (Å²) in [5.41, 5.74) is 10.4. The van der Waals surface area contributed by atoms with Crippen LogP contribution in [0.4, 0.5) is 11.4 Å². The van der Waals surface area contributed by atoms with Gasteiger partial charge in [0.15, 0.2) is 0 Å². The molecule has 0 amide bonds. The van der Waals surface area contributed by atoms with Gasteiger partial charge >= 0.3 is 0 Å². The first-order valence-electron chi connectivity index (χ1n) is 14.9. The smallest absolute Gasteiger partial charge is 0.118 e. The molecule has 0 saturated carbocycles. The van der Waals surface area contributed by atoms with Crippen molar-refractivity contribution in [2.45, 2.75) is 38.8 Å². The third-order valence-corrected chi connectivity index (χ3v) is 8.01. The number of hydrogen-bond donors (Lipinski definition) is 0. The van der Waals surface area contributed by atoms with Crippen molar-refractivity contribution < 1.29 is 4.74 Å². The van der Waals surface area contributed by atoms with Gasteiger partial charge in [0.2, 0.25) is 0 Å². The number of hydrogen-bond acceptors (Lipinski definition) is 3. The topological polar surface area (TPSA) is 15.7 Å². The lowest BCUT2D eigenvalue weighted by Gasteiger charge is -2.26. The monoisotopic (exact) mass is 554 g/mol. The van der Waals surface area contributed by atoms with E-state index < -0.39 is 0 Å². The molecule has 3 nitrogen and oxygen atoms in total. The summed E-state index contributed by atoms with van der Waals surface area (Å²) in [6.45, 7) is 4.02. The molecule has 0 fully saturated rings. The van der Waals surface area contributed by atoms with Crippen LogP contribution in [0.2, 0.25) is 0 Å². The van der Waals surface area contributed by atoms with Crippen LogP contribution < -0.4 is 14.5 Å². The zero-order chi connectivity index (χ0) is 29.3. The van der Waals surface area contributed by atoms with E-state index in [9.17, 15) is 0 Å². The van der Waals surface area contributed by atoms with E-state index in [1.807, 2.05) is 0 Å². The molecule has 0 saturated heterocycles. The first kappa shape index (κ1) is 29.0. The Morgan fingerprint density at radius 3 is 1.67 bits per heavy atom. The minimum absolute atomic E-state index is 0.119. The van der Waals surface area contributed by atoms with Gasteiger partial charge in [0.25, 0.3) is 0 Å². The zero-order valence-electron chi connectivity index (χ0n) is 25.3. The van der Waals surface area contributed by atoms with Crippen molar-refractivity contribution in [3.63, 3.8) is 0 Å². The average molecular weight is 555 g/mol. The second kappa shape index (κ2) is 13.9. The highest BCUT2D eigenvalue weighted by molar-refractivity contribution is 5.58. The molecule has 0 aliphatic heterocycles. The van der Waals surface area contributed by atoms with Gasteiger partial charge in [-0.05, 0) is 70.1 Å². The Morgan fingerprint density at radius 2 is 1.12 bits per heavy atom. The van der Waals surface area contributed by atoms with E-state index in [2.05, 4.69) is 158 Å². The fourth-order valence-electron chi connectivity index (χ4n) is 5.81. The fourth-order valence-corrected chi connectivity index (χ4v) is 5.81. The number of anilines is 2. The highest BCUT2D eigenvalue weighted by Crippen LogP contribution is 2.36. The summed E-state index contributed by atoms with van der Waals surface area (Å²) >= 11 is 0. The SMILES string of the molecule is CCCc1cc(C(c2ccc(OC)cc2)c2ccc(N(C)Cc3ccccc3)cc2)ccc1N(C)Cc1ccccc1. The van der Waals surface area contributed by atoms with E-state index in [1.54, 1.807) is 7.11 Å². The van der Waals surface area contributed by atoms with Crippen molar-refractivity contribution in [3.8, 4) is 5.75 Å². The molecule has 5 aromatic carbocycles. The lowest BCUT2D eigenvalue weighted by molar-refractivity contribution is 0.414. The Morgan fingerprint density at radius 1 is 0.595 bits per heavy atom. The number of ether oxygens (including phenoxy) is 1. The number of benzene rings is 5. The molecule has 0 N–H and O–H groups in total. The number of methoxy groups -OCH3 is 1. The molecule has 0 aromatic heterocycles. The summed E-state index contributed by atoms with van der Waals surface area (Å²) in [6, 6.07) is 46.0. The predicted molar refractivity (Wildman–Crippen MR) is 178 cm³/mol. The second-order valence-electron chi connectivity index (χ2n) is 11.1. The zero-order valence-corrected chi connectivity index (χ0v) is 25.3. The van der Waals surface area contributed by atoms with E-state index in [0.29, 0.717) is 0 Å². The van der Waals surface area contributed by atoms with Gasteiger partial charge in [0, 0.05) is 44.5 Å². The van der Waals surface area contributed by atoms with Crippen molar-refractivity contribution in [1.82, 2.24) is 0 Å². The molecule has 42 heavy (non-hydrogen) atoms. The van der Waals surface area contributed by atoms with Crippen LogP contribution in [0.5, 0.6) is 5.75 Å². The number of rotatable bonds is 12. The van der Waals surface area contributed by atoms with Crippen molar-refractivity contribution >= 4 is 11.4 Å². The van der Waals surface area contributed by atoms with Crippen molar-refractivity contribution in [1.29, 1.82) is 0 Å². The lowest BCUT2D eigenvalue weighted by Crippen LogP contribution is -2.18. The standard InChI is InChI=1S/C39H42N2O/c1-5-12-34-27-35(21-26-38(34)41(3)29-31-15-10-7-11-16-31)39(33-19-24-37(42-4)25-20-33)32-17-22-36(23-18-32)40(2)28-30-13-8-6-9-14-30/h6-11,13-27,39H,5,12,28-29H2,1-4H3. The molecule has 0 radical (unpaired) electrons. The summed E-state index contributed by atoms with van der Waals surface area (Å²) < 4.78 is 5.48. The van der Waals surface area contributed by atoms with Gasteiger partial charge in [-0.1, -0.05) is 110 Å². The minimum Gasteiger partial charge on any atom is -0.497 e. The first-order valence-corrected chi connectivity index (χ1v) is 14.9. The molecule has 0 aliphatic carbocycles. The van der Waals surface area contributed by atoms with Crippen LogP contribution in [0.3, 0.4) is 0 Å². The second-order valence-corrected chi connectivity index (χ2v) is 11.1. The number of nitrogens with zero attached hydrogens (tertiary/aromatic N) is 2. The van der Waals surface area contributed by atoms with Gasteiger partial charge in [-0.2, -0.15) is 0 Å². The molecule has 5 rings (SSSR count). The van der Waals surface area contributed by atoms with E-state index in [4.69, 9.17) is 4.74 Å². The largest absolute Gasteiger partial charge is 0.497 e. The van der Waals surface area contributed by atoms with E-state index in [0.717, 1.165) is 31.7 Å². The maximum absolute atomic E-state index is 5.48. The van der Waals surface area contributed by atoms with Gasteiger partial charge < -0.3 is 14.5 Å². The van der Waals surface area contributed by atoms with Crippen LogP contribution in [0.25, 0.3) is 0 Å². The Labute approximate surface area is 252 Å². The highest BCUT2D eigenvalue weighted by atomic mass is 16.5. The molecule has 0 heterocycles. The van der Waals surface area contributed by atoms with E-state index >= 15 is 0 Å². The highest BCUT2D eigenvalue weighted by Gasteiger charge is 2.20. The Hall–Kier alpha value is -4.50. The minimum atomic E-state index is 0.119. The van der Waals surface area contributed by atoms with Crippen molar-refractivity contribution in [3.05, 3.63) is 161 Å². The molecule has 0 aliphatic rings. The first-order chi connectivity index (χ1) is 20.6. The Balaban J connectivity index is 1.48. The van der Waals surface area contributed by atoms with Gasteiger partial charge in [-0.25, -0.2) is 0 Å². The van der Waals surface area contributed by atoms with Gasteiger partial charge in [0.1, 0.15) is 5.75 Å². The third-order valence-electron chi connectivity index (χ3n) is 8.01. The summed E-state index contributed by atoms with van der Waals surface area (Å²) in [7, 11) is 6.08. The van der Waals surface area contributed by atoms with Crippen LogP contribution in [-0.4, -0.2) is 21.2 Å². The van der Waals surface area contributed by atoms with E-state index in [1.165, 1.54) is 44.8 Å². The Bertz CT molecular complexity index is 1530. The molecule has 3 heteroatoms. The molecule has 0 spiro atoms. The summed E-state index contributed by atoms with van der Waals surface area (Å²) in [5.74, 6) is 0.994. The predicted octanol–water partition coefficient (Wildman–Crippen LogP) is 9.10. The van der Waals surface area contributed by atoms with Gasteiger partial charge in [-0.15, -0.1) is 0 Å². The maximum Gasteiger partial charge on any atom is 0.118 e. The summed E-state index contributed by atoms with van der Waals surface area (Å²) in [4.78, 5) is 4.68. The van der Waals surface area contributed by atoms with Crippen LogP contribution in [0.1, 0.15) is 52.6 Å². The number of aryl methyl sites for hydroxylation is 1. The van der Waals surface area contributed by atoms with Crippen LogP contribution >= 0.6 is 0 Å². The summed E-state index contributed by atoms with van der Waals surface area (Å²) in [5, 5.41) is 0.